The third-order valence-corrected chi connectivity index (χ3v) is 3.73. The first-order chi connectivity index (χ1) is 6.75. The van der Waals surface area contributed by atoms with E-state index in [1.807, 2.05) is 4.52 Å². The molecule has 3 heteroatoms. The Morgan fingerprint density at radius 2 is 2.21 bits per heavy atom. The number of nitrogens with zero attached hydrogens (tertiary/aromatic N) is 2. The first-order valence-electron chi connectivity index (χ1n) is 4.90. The van der Waals surface area contributed by atoms with Gasteiger partial charge in [0.2, 0.25) is 0 Å². The summed E-state index contributed by atoms with van der Waals surface area (Å²) in [5.74, 6) is 0.724. The Hall–Kier alpha value is -0.830. The maximum atomic E-state index is 4.60. The van der Waals surface area contributed by atoms with Crippen LogP contribution in [0, 0.1) is 6.92 Å². The molecule has 1 aliphatic carbocycles. The molecule has 3 rings (SSSR count). The summed E-state index contributed by atoms with van der Waals surface area (Å²) in [5, 5.41) is 4.60. The van der Waals surface area contributed by atoms with Crippen LogP contribution in [0.5, 0.6) is 0 Å². The van der Waals surface area contributed by atoms with Crippen LogP contribution < -0.4 is 0 Å². The van der Waals surface area contributed by atoms with Crippen molar-refractivity contribution >= 4 is 21.4 Å². The number of hydrogen-bond donors (Lipinski definition) is 0. The van der Waals surface area contributed by atoms with Crippen LogP contribution in [-0.4, -0.2) is 9.61 Å². The number of aromatic nitrogens is 2. The van der Waals surface area contributed by atoms with Gasteiger partial charge in [-0.05, 0) is 53.4 Å². The summed E-state index contributed by atoms with van der Waals surface area (Å²) in [5.41, 5.74) is 3.66. The average Bonchev–Trinajstić information content (AvgIpc) is 2.93. The van der Waals surface area contributed by atoms with Crippen LogP contribution in [0.4, 0.5) is 0 Å². The molecule has 2 aromatic heterocycles. The Kier molecular flexibility index (Phi) is 1.71. The van der Waals surface area contributed by atoms with E-state index in [-0.39, 0.29) is 0 Å². The van der Waals surface area contributed by atoms with Crippen molar-refractivity contribution in [3.63, 3.8) is 0 Å². The van der Waals surface area contributed by atoms with E-state index < -0.39 is 0 Å². The van der Waals surface area contributed by atoms with Crippen molar-refractivity contribution in [3.8, 4) is 0 Å². The lowest BCUT2D eigenvalue weighted by Gasteiger charge is -1.99. The fourth-order valence-corrected chi connectivity index (χ4v) is 2.13. The van der Waals surface area contributed by atoms with Crippen LogP contribution in [0.15, 0.2) is 22.8 Å². The Labute approximate surface area is 91.1 Å². The maximum absolute atomic E-state index is 4.60. The molecule has 0 N–H and O–H groups in total. The summed E-state index contributed by atoms with van der Waals surface area (Å²) in [6, 6.07) is 6.44. The minimum atomic E-state index is 0.724. The molecule has 72 valence electrons. The van der Waals surface area contributed by atoms with Gasteiger partial charge in [-0.2, -0.15) is 5.10 Å². The van der Waals surface area contributed by atoms with Crippen LogP contribution in [0.3, 0.4) is 0 Å². The summed E-state index contributed by atoms with van der Waals surface area (Å²) in [4.78, 5) is 0. The lowest BCUT2D eigenvalue weighted by Crippen LogP contribution is -1.92. The Morgan fingerprint density at radius 3 is 2.93 bits per heavy atom. The van der Waals surface area contributed by atoms with Crippen molar-refractivity contribution in [2.75, 3.05) is 0 Å². The van der Waals surface area contributed by atoms with E-state index in [0.717, 1.165) is 10.5 Å². The molecule has 0 radical (unpaired) electrons. The number of fused-ring (bicyclic) bond motifs is 1. The van der Waals surface area contributed by atoms with Gasteiger partial charge in [-0.1, -0.05) is 6.07 Å². The van der Waals surface area contributed by atoms with Gasteiger partial charge < -0.3 is 0 Å². The Bertz CT molecular complexity index is 497. The zero-order valence-electron chi connectivity index (χ0n) is 8.00. The van der Waals surface area contributed by atoms with Crippen LogP contribution in [0.2, 0.25) is 0 Å². The van der Waals surface area contributed by atoms with E-state index in [4.69, 9.17) is 0 Å². The number of aryl methyl sites for hydroxylation is 1. The summed E-state index contributed by atoms with van der Waals surface area (Å²) in [6.07, 6.45) is 2.61. The Balaban J connectivity index is 2.26. The van der Waals surface area contributed by atoms with Gasteiger partial charge in [-0.25, -0.2) is 4.52 Å². The molecule has 1 aliphatic rings. The van der Waals surface area contributed by atoms with E-state index in [9.17, 15) is 0 Å². The molecule has 0 spiro atoms. The van der Waals surface area contributed by atoms with Gasteiger partial charge in [-0.3, -0.25) is 0 Å². The molecule has 0 unspecified atom stereocenters. The van der Waals surface area contributed by atoms with Gasteiger partial charge >= 0.3 is 0 Å². The van der Waals surface area contributed by atoms with Gasteiger partial charge in [0.25, 0.3) is 0 Å². The summed E-state index contributed by atoms with van der Waals surface area (Å²) >= 11 is 3.56. The van der Waals surface area contributed by atoms with E-state index in [2.05, 4.69) is 46.2 Å². The van der Waals surface area contributed by atoms with Crippen molar-refractivity contribution in [3.05, 3.63) is 34.1 Å². The molecule has 0 aliphatic heterocycles. The van der Waals surface area contributed by atoms with Gasteiger partial charge in [0.15, 0.2) is 0 Å². The topological polar surface area (TPSA) is 17.3 Å². The third kappa shape index (κ3) is 1.19. The van der Waals surface area contributed by atoms with E-state index in [1.165, 1.54) is 29.6 Å². The highest BCUT2D eigenvalue weighted by molar-refractivity contribution is 9.10. The second kappa shape index (κ2) is 2.83. The predicted octanol–water partition coefficient (Wildman–Crippen LogP) is 3.28. The van der Waals surface area contributed by atoms with Gasteiger partial charge in [-0.15, -0.1) is 0 Å². The Morgan fingerprint density at radius 1 is 1.43 bits per heavy atom. The average molecular weight is 251 g/mol. The standard InChI is InChI=1S/C11H11BrN2/c1-7-2-5-9-6-10(8-3-4-8)13-14(9)11(7)12/h2,5-6,8H,3-4H2,1H3. The third-order valence-electron chi connectivity index (χ3n) is 2.77. The van der Waals surface area contributed by atoms with Crippen LogP contribution >= 0.6 is 15.9 Å². The van der Waals surface area contributed by atoms with Gasteiger partial charge in [0.05, 0.1) is 11.2 Å². The molecule has 0 atom stereocenters. The monoisotopic (exact) mass is 250 g/mol. The molecule has 2 heterocycles. The zero-order valence-corrected chi connectivity index (χ0v) is 9.58. The van der Waals surface area contributed by atoms with Crippen LogP contribution in [0.1, 0.15) is 30.0 Å². The molecule has 0 amide bonds. The fraction of sp³-hybridized carbons (Fsp3) is 0.364. The SMILES string of the molecule is Cc1ccc2cc(C3CC3)nn2c1Br. The number of hydrogen-bond acceptors (Lipinski definition) is 1. The number of pyridine rings is 1. The number of rotatable bonds is 1. The molecular formula is C11H11BrN2. The summed E-state index contributed by atoms with van der Waals surface area (Å²) < 4.78 is 3.06. The molecule has 2 nitrogen and oxygen atoms in total. The van der Waals surface area contributed by atoms with Crippen LogP contribution in [0.25, 0.3) is 5.52 Å². The summed E-state index contributed by atoms with van der Waals surface area (Å²) in [6.45, 7) is 2.09. The molecule has 1 saturated carbocycles. The van der Waals surface area contributed by atoms with Crippen LogP contribution in [-0.2, 0) is 0 Å². The highest BCUT2D eigenvalue weighted by Crippen LogP contribution is 2.39. The largest absolute Gasteiger partial charge is 0.226 e. The van der Waals surface area contributed by atoms with Gasteiger partial charge in [0.1, 0.15) is 4.60 Å². The molecule has 0 bridgehead atoms. The molecular weight excluding hydrogens is 240 g/mol. The minimum absolute atomic E-state index is 0.724. The smallest absolute Gasteiger partial charge is 0.111 e. The first-order valence-corrected chi connectivity index (χ1v) is 5.70. The second-order valence-corrected chi connectivity index (χ2v) is 4.74. The predicted molar refractivity (Wildman–Crippen MR) is 59.6 cm³/mol. The van der Waals surface area contributed by atoms with E-state index >= 15 is 0 Å². The van der Waals surface area contributed by atoms with E-state index in [0.29, 0.717) is 0 Å². The van der Waals surface area contributed by atoms with E-state index in [1.54, 1.807) is 0 Å². The number of halogens is 1. The molecule has 0 aromatic carbocycles. The lowest BCUT2D eigenvalue weighted by molar-refractivity contribution is 0.869. The zero-order chi connectivity index (χ0) is 9.71. The van der Waals surface area contributed by atoms with Crippen molar-refractivity contribution in [2.24, 2.45) is 0 Å². The molecule has 1 fully saturated rings. The lowest BCUT2D eigenvalue weighted by atomic mass is 10.2. The van der Waals surface area contributed by atoms with Crippen molar-refractivity contribution in [1.29, 1.82) is 0 Å². The van der Waals surface area contributed by atoms with Crippen molar-refractivity contribution in [2.45, 2.75) is 25.7 Å². The second-order valence-electron chi connectivity index (χ2n) is 3.99. The van der Waals surface area contributed by atoms with Crippen molar-refractivity contribution in [1.82, 2.24) is 9.61 Å². The first kappa shape index (κ1) is 8.48. The normalized spacial score (nSPS) is 16.4. The molecule has 0 saturated heterocycles. The molecule has 14 heavy (non-hydrogen) atoms. The maximum Gasteiger partial charge on any atom is 0.111 e. The summed E-state index contributed by atoms with van der Waals surface area (Å²) in [7, 11) is 0. The quantitative estimate of drug-likeness (QED) is 0.711. The molecule has 2 aromatic rings. The minimum Gasteiger partial charge on any atom is -0.226 e. The van der Waals surface area contributed by atoms with Crippen molar-refractivity contribution < 1.29 is 0 Å². The highest BCUT2D eigenvalue weighted by atomic mass is 79.9. The highest BCUT2D eigenvalue weighted by Gasteiger charge is 2.26. The fourth-order valence-electron chi connectivity index (χ4n) is 1.72. The van der Waals surface area contributed by atoms with Gasteiger partial charge in [0, 0.05) is 5.92 Å².